The van der Waals surface area contributed by atoms with Crippen molar-refractivity contribution < 1.29 is 18.0 Å². The Balaban J connectivity index is 1.80. The normalized spacial score (nSPS) is 14.3. The van der Waals surface area contributed by atoms with Crippen molar-refractivity contribution >= 4 is 23.2 Å². The fourth-order valence-corrected chi connectivity index (χ4v) is 4.32. The van der Waals surface area contributed by atoms with Crippen molar-refractivity contribution in [2.24, 2.45) is 0 Å². The minimum absolute atomic E-state index is 0.0245. The summed E-state index contributed by atoms with van der Waals surface area (Å²) in [6, 6.07) is 2.57. The number of aromatic amines is 1. The van der Waals surface area contributed by atoms with Gasteiger partial charge in [-0.3, -0.25) is 14.3 Å². The van der Waals surface area contributed by atoms with Crippen molar-refractivity contribution in [2.75, 3.05) is 18.5 Å². The molecule has 0 spiro atoms. The third-order valence-electron chi connectivity index (χ3n) is 5.75. The number of benzene rings is 1. The smallest absolute Gasteiger partial charge is 0.285 e. The number of nitrogens with one attached hydrogen (secondary N) is 2. The molecule has 1 atom stereocenters. The van der Waals surface area contributed by atoms with Crippen molar-refractivity contribution in [2.45, 2.75) is 32.4 Å². The zero-order chi connectivity index (χ0) is 23.9. The maximum absolute atomic E-state index is 13.6. The summed E-state index contributed by atoms with van der Waals surface area (Å²) in [5.41, 5.74) is 1.08. The highest BCUT2D eigenvalue weighted by molar-refractivity contribution is 6.33. The number of hydrogen-bond acceptors (Lipinski definition) is 5. The lowest BCUT2D eigenvalue weighted by molar-refractivity contribution is 0.0956. The predicted molar refractivity (Wildman–Crippen MR) is 115 cm³/mol. The molecule has 1 aliphatic rings. The van der Waals surface area contributed by atoms with Crippen molar-refractivity contribution in [1.29, 1.82) is 0 Å². The molecule has 0 bridgehead atoms. The van der Waals surface area contributed by atoms with Gasteiger partial charge in [-0.2, -0.15) is 10.2 Å². The van der Waals surface area contributed by atoms with Gasteiger partial charge in [-0.15, -0.1) is 0 Å². The number of anilines is 1. The lowest BCUT2D eigenvalue weighted by Gasteiger charge is -2.30. The molecule has 0 fully saturated rings. The molecule has 174 valence electrons. The van der Waals surface area contributed by atoms with E-state index in [2.05, 4.69) is 20.6 Å². The first kappa shape index (κ1) is 22.8. The number of hydrogen-bond donors (Lipinski definition) is 2. The van der Waals surface area contributed by atoms with E-state index < -0.39 is 35.3 Å². The summed E-state index contributed by atoms with van der Waals surface area (Å²) in [7, 11) is 1.46. The lowest BCUT2D eigenvalue weighted by atomic mass is 9.99. The van der Waals surface area contributed by atoms with E-state index in [4.69, 9.17) is 11.6 Å². The second-order valence-corrected chi connectivity index (χ2v) is 8.00. The Labute approximate surface area is 191 Å². The van der Waals surface area contributed by atoms with Crippen LogP contribution in [0.3, 0.4) is 0 Å². The third kappa shape index (κ3) is 4.08. The number of fused-ring (bicyclic) bond motifs is 1. The Hall–Kier alpha value is -3.34. The summed E-state index contributed by atoms with van der Waals surface area (Å²) in [5, 5.41) is 13.0. The molecule has 3 heterocycles. The first-order valence-electron chi connectivity index (χ1n) is 10.1. The predicted octanol–water partition coefficient (Wildman–Crippen LogP) is 3.23. The highest BCUT2D eigenvalue weighted by Gasteiger charge is 2.32. The summed E-state index contributed by atoms with van der Waals surface area (Å²) in [6.45, 7) is 2.30. The van der Waals surface area contributed by atoms with Gasteiger partial charge in [0.15, 0.2) is 5.69 Å². The minimum atomic E-state index is -2.87. The van der Waals surface area contributed by atoms with Crippen LogP contribution in [0, 0.1) is 5.82 Å². The van der Waals surface area contributed by atoms with Gasteiger partial charge in [-0.05, 0) is 24.6 Å². The van der Waals surface area contributed by atoms with E-state index in [1.807, 2.05) is 0 Å². The first-order chi connectivity index (χ1) is 15.7. The molecule has 0 radical (unpaired) electrons. The van der Waals surface area contributed by atoms with Crippen LogP contribution in [0.25, 0.3) is 0 Å². The molecule has 0 aliphatic carbocycles. The summed E-state index contributed by atoms with van der Waals surface area (Å²) in [6.07, 6.45) is -1.04. The van der Waals surface area contributed by atoms with Crippen LogP contribution >= 0.6 is 11.6 Å². The van der Waals surface area contributed by atoms with E-state index in [1.54, 1.807) is 11.8 Å². The van der Waals surface area contributed by atoms with E-state index >= 15 is 0 Å². The molecular weight excluding hydrogens is 461 g/mol. The zero-order valence-corrected chi connectivity index (χ0v) is 18.5. The van der Waals surface area contributed by atoms with Crippen molar-refractivity contribution in [3.05, 3.63) is 73.7 Å². The highest BCUT2D eigenvalue weighted by atomic mass is 35.5. The second kappa shape index (κ2) is 8.89. The van der Waals surface area contributed by atoms with Gasteiger partial charge < -0.3 is 10.2 Å². The molecule has 12 heteroatoms. The van der Waals surface area contributed by atoms with Crippen LogP contribution in [0.1, 0.15) is 52.3 Å². The molecule has 1 amide bonds. The second-order valence-electron chi connectivity index (χ2n) is 7.62. The fourth-order valence-electron chi connectivity index (χ4n) is 4.11. The highest BCUT2D eigenvalue weighted by Crippen LogP contribution is 2.34. The molecule has 3 aromatic rings. The molecule has 4 rings (SSSR count). The lowest BCUT2D eigenvalue weighted by Crippen LogP contribution is -2.33. The van der Waals surface area contributed by atoms with Gasteiger partial charge in [-0.1, -0.05) is 17.7 Å². The SMILES string of the molecule is CNC(=O)c1nn(C(C)c2ccc(F)cc2C(F)F)c2c1CN(c1cn[nH]c(=O)c1Cl)CC2. The molecule has 2 aromatic heterocycles. The average Bonchev–Trinajstić information content (AvgIpc) is 3.18. The minimum Gasteiger partial charge on any atom is -0.364 e. The summed E-state index contributed by atoms with van der Waals surface area (Å²) in [5.74, 6) is -1.20. The topological polar surface area (TPSA) is 95.9 Å². The average molecular weight is 481 g/mol. The Morgan fingerprint density at radius 3 is 2.76 bits per heavy atom. The number of carbonyl (C=O) groups excluding carboxylic acids is 1. The molecule has 33 heavy (non-hydrogen) atoms. The van der Waals surface area contributed by atoms with E-state index in [-0.39, 0.29) is 22.8 Å². The number of rotatable bonds is 5. The number of aromatic nitrogens is 4. The van der Waals surface area contributed by atoms with Crippen molar-refractivity contribution in [3.8, 4) is 0 Å². The van der Waals surface area contributed by atoms with Gasteiger partial charge in [0.25, 0.3) is 17.9 Å². The van der Waals surface area contributed by atoms with Crippen LogP contribution in [0.5, 0.6) is 0 Å². The molecule has 1 aliphatic heterocycles. The van der Waals surface area contributed by atoms with Crippen LogP contribution in [-0.2, 0) is 13.0 Å². The Morgan fingerprint density at radius 2 is 2.06 bits per heavy atom. The van der Waals surface area contributed by atoms with Crippen LogP contribution in [0.4, 0.5) is 18.9 Å². The van der Waals surface area contributed by atoms with E-state index in [9.17, 15) is 22.8 Å². The number of alkyl halides is 2. The number of amides is 1. The third-order valence-corrected chi connectivity index (χ3v) is 6.11. The van der Waals surface area contributed by atoms with E-state index in [1.165, 1.54) is 24.0 Å². The standard InChI is InChI=1S/C21H20ClF3N6O2/c1-10(12-4-3-11(23)7-13(12)19(24)25)31-15-5-6-30(16-8-27-28-20(32)17(16)22)9-14(15)18(29-31)21(33)26-2/h3-4,7-8,10,19H,5-6,9H2,1-2H3,(H,26,33)(H,28,32). The van der Waals surface area contributed by atoms with Gasteiger partial charge in [-0.25, -0.2) is 18.3 Å². The number of carbonyl (C=O) groups is 1. The number of nitrogens with zero attached hydrogens (tertiary/aromatic N) is 4. The Kier molecular flexibility index (Phi) is 6.15. The van der Waals surface area contributed by atoms with Gasteiger partial charge in [0, 0.05) is 43.4 Å². The largest absolute Gasteiger partial charge is 0.364 e. The fraction of sp³-hybridized carbons (Fsp3) is 0.333. The Morgan fingerprint density at radius 1 is 1.30 bits per heavy atom. The maximum Gasteiger partial charge on any atom is 0.285 e. The summed E-state index contributed by atoms with van der Waals surface area (Å²) < 4.78 is 42.4. The molecular formula is C21H20ClF3N6O2. The maximum atomic E-state index is 13.6. The summed E-state index contributed by atoms with van der Waals surface area (Å²) >= 11 is 6.15. The molecule has 1 unspecified atom stereocenters. The first-order valence-corrected chi connectivity index (χ1v) is 10.5. The van der Waals surface area contributed by atoms with Crippen LogP contribution < -0.4 is 15.8 Å². The van der Waals surface area contributed by atoms with Gasteiger partial charge in [0.05, 0.1) is 17.9 Å². The molecule has 8 nitrogen and oxygen atoms in total. The molecule has 1 aromatic carbocycles. The zero-order valence-electron chi connectivity index (χ0n) is 17.7. The summed E-state index contributed by atoms with van der Waals surface area (Å²) in [4.78, 5) is 26.2. The quantitative estimate of drug-likeness (QED) is 0.584. The molecule has 0 saturated carbocycles. The van der Waals surface area contributed by atoms with Crippen molar-refractivity contribution in [3.63, 3.8) is 0 Å². The van der Waals surface area contributed by atoms with Crippen LogP contribution in [0.2, 0.25) is 5.02 Å². The van der Waals surface area contributed by atoms with Gasteiger partial charge in [0.2, 0.25) is 0 Å². The van der Waals surface area contributed by atoms with E-state index in [0.717, 1.165) is 12.1 Å². The van der Waals surface area contributed by atoms with Gasteiger partial charge in [0.1, 0.15) is 10.8 Å². The van der Waals surface area contributed by atoms with Crippen LogP contribution in [0.15, 0.2) is 29.2 Å². The molecule has 2 N–H and O–H groups in total. The van der Waals surface area contributed by atoms with E-state index in [0.29, 0.717) is 29.9 Å². The van der Waals surface area contributed by atoms with Gasteiger partial charge >= 0.3 is 0 Å². The number of halogens is 4. The number of H-pyrrole nitrogens is 1. The van der Waals surface area contributed by atoms with Crippen molar-refractivity contribution in [1.82, 2.24) is 25.3 Å². The Bertz CT molecular complexity index is 1280. The van der Waals surface area contributed by atoms with Crippen LogP contribution in [-0.4, -0.2) is 39.5 Å². The molecule has 0 saturated heterocycles. The monoisotopic (exact) mass is 480 g/mol.